The number of aromatic nitrogens is 2. The van der Waals surface area contributed by atoms with Gasteiger partial charge >= 0.3 is 5.91 Å². The largest absolute Gasteiger partial charge is 0.342 e. The smallest absolute Gasteiger partial charge is 0.313 e. The van der Waals surface area contributed by atoms with Crippen molar-refractivity contribution in [1.29, 1.82) is 0 Å². The molecule has 1 aliphatic heterocycles. The predicted octanol–water partition coefficient (Wildman–Crippen LogP) is 3.43. The van der Waals surface area contributed by atoms with Crippen LogP contribution in [0.1, 0.15) is 11.7 Å². The van der Waals surface area contributed by atoms with Gasteiger partial charge in [-0.05, 0) is 48.0 Å². The van der Waals surface area contributed by atoms with Crippen molar-refractivity contribution >= 4 is 11.7 Å². The molecule has 7 nitrogen and oxygen atoms in total. The van der Waals surface area contributed by atoms with Crippen LogP contribution in [0.15, 0.2) is 91.3 Å². The molecule has 0 bridgehead atoms. The number of allylic oxidation sites excluding steroid dienone is 2. The summed E-state index contributed by atoms with van der Waals surface area (Å²) < 4.78 is 15.0. The number of halogens is 1. The zero-order valence-electron chi connectivity index (χ0n) is 18.0. The minimum absolute atomic E-state index is 0.317. The van der Waals surface area contributed by atoms with Crippen LogP contribution in [0.4, 0.5) is 4.39 Å². The van der Waals surface area contributed by atoms with E-state index < -0.39 is 23.9 Å². The number of hydrogen-bond acceptors (Lipinski definition) is 5. The van der Waals surface area contributed by atoms with E-state index in [0.717, 1.165) is 11.1 Å². The molecule has 0 fully saturated rings. The van der Waals surface area contributed by atoms with Crippen LogP contribution in [0.25, 0.3) is 11.3 Å². The fraction of sp³-hybridized carbons (Fsp3) is 0.160. The second kappa shape index (κ2) is 10.1. The van der Waals surface area contributed by atoms with Crippen molar-refractivity contribution in [3.63, 3.8) is 0 Å². The molecule has 3 aromatic rings. The molecule has 0 radical (unpaired) electrons. The van der Waals surface area contributed by atoms with E-state index in [1.165, 1.54) is 19.2 Å². The molecule has 0 saturated heterocycles. The van der Waals surface area contributed by atoms with E-state index in [-0.39, 0.29) is 5.82 Å². The third kappa shape index (κ3) is 5.07. The van der Waals surface area contributed by atoms with Gasteiger partial charge in [-0.2, -0.15) is 5.10 Å². The van der Waals surface area contributed by atoms with Gasteiger partial charge in [-0.25, -0.2) is 14.6 Å². The minimum Gasteiger partial charge on any atom is -0.342 e. The Hall–Kier alpha value is -4.04. The predicted molar refractivity (Wildman–Crippen MR) is 121 cm³/mol. The Morgan fingerprint density at radius 1 is 1.09 bits per heavy atom. The summed E-state index contributed by atoms with van der Waals surface area (Å²) in [7, 11) is 1.28. The molecule has 1 N–H and O–H groups in total. The minimum atomic E-state index is -0.826. The Bertz CT molecular complexity index is 1170. The fourth-order valence-corrected chi connectivity index (χ4v) is 3.74. The van der Waals surface area contributed by atoms with Gasteiger partial charge in [-0.3, -0.25) is 14.4 Å². The summed E-state index contributed by atoms with van der Waals surface area (Å²) in [6.07, 6.45) is 8.99. The third-order valence-corrected chi connectivity index (χ3v) is 5.33. The summed E-state index contributed by atoms with van der Waals surface area (Å²) in [5.74, 6) is -1.77. The molecule has 2 atom stereocenters. The number of carbonyl (C=O) groups excluding carboxylic acids is 2. The van der Waals surface area contributed by atoms with E-state index in [1.54, 1.807) is 40.2 Å². The number of rotatable bonds is 8. The van der Waals surface area contributed by atoms with Gasteiger partial charge in [0.1, 0.15) is 18.0 Å². The van der Waals surface area contributed by atoms with E-state index in [2.05, 4.69) is 15.4 Å². The number of hydroxylamine groups is 1. The topological polar surface area (TPSA) is 76.5 Å². The van der Waals surface area contributed by atoms with E-state index in [4.69, 9.17) is 0 Å². The molecular weight excluding hydrogens is 423 g/mol. The first-order valence-corrected chi connectivity index (χ1v) is 10.4. The maximum atomic E-state index is 13.3. The first kappa shape index (κ1) is 22.2. The monoisotopic (exact) mass is 446 g/mol. The molecule has 0 spiro atoms. The Morgan fingerprint density at radius 3 is 2.58 bits per heavy atom. The van der Waals surface area contributed by atoms with Crippen molar-refractivity contribution in [2.24, 2.45) is 0 Å². The molecule has 2 heterocycles. The standard InChI is InChI=1S/C25H23FN4O3/c1-33-28-25(32)24(31)22(17-18-7-3-2-4-8-18)29-15-6-5-9-23(29)30-16-14-21(27-30)19-10-12-20(26)13-11-19/h2-16,22-23H,17H2,1H3,(H,28,32). The van der Waals surface area contributed by atoms with E-state index in [0.29, 0.717) is 12.1 Å². The first-order valence-electron chi connectivity index (χ1n) is 10.4. The zero-order valence-corrected chi connectivity index (χ0v) is 18.0. The normalized spacial score (nSPS) is 15.9. The van der Waals surface area contributed by atoms with Gasteiger partial charge in [-0.1, -0.05) is 36.4 Å². The van der Waals surface area contributed by atoms with Crippen molar-refractivity contribution in [3.05, 3.63) is 103 Å². The van der Waals surface area contributed by atoms with Crippen molar-refractivity contribution in [2.75, 3.05) is 7.11 Å². The van der Waals surface area contributed by atoms with Gasteiger partial charge in [0.15, 0.2) is 0 Å². The quantitative estimate of drug-likeness (QED) is 0.424. The molecule has 168 valence electrons. The lowest BCUT2D eigenvalue weighted by atomic mass is 9.99. The molecule has 1 amide bonds. The summed E-state index contributed by atoms with van der Waals surface area (Å²) in [5, 5.41) is 4.64. The zero-order chi connectivity index (χ0) is 23.2. The van der Waals surface area contributed by atoms with Crippen molar-refractivity contribution < 1.29 is 18.8 Å². The van der Waals surface area contributed by atoms with Gasteiger partial charge in [0.2, 0.25) is 5.78 Å². The van der Waals surface area contributed by atoms with E-state index in [9.17, 15) is 14.0 Å². The molecule has 0 saturated carbocycles. The summed E-state index contributed by atoms with van der Waals surface area (Å²) in [6, 6.07) is 16.6. The van der Waals surface area contributed by atoms with Gasteiger partial charge in [0.05, 0.1) is 12.8 Å². The summed E-state index contributed by atoms with van der Waals surface area (Å²) in [6.45, 7) is 0. The van der Waals surface area contributed by atoms with Crippen LogP contribution in [0.5, 0.6) is 0 Å². The Balaban J connectivity index is 1.66. The number of nitrogens with zero attached hydrogens (tertiary/aromatic N) is 3. The van der Waals surface area contributed by atoms with Crippen LogP contribution in [0, 0.1) is 5.82 Å². The second-order valence-corrected chi connectivity index (χ2v) is 7.48. The number of hydrogen-bond donors (Lipinski definition) is 1. The Morgan fingerprint density at radius 2 is 1.85 bits per heavy atom. The van der Waals surface area contributed by atoms with Gasteiger partial charge in [0, 0.05) is 24.4 Å². The molecule has 4 rings (SSSR count). The van der Waals surface area contributed by atoms with E-state index >= 15 is 0 Å². The second-order valence-electron chi connectivity index (χ2n) is 7.48. The van der Waals surface area contributed by atoms with Crippen LogP contribution < -0.4 is 5.48 Å². The Labute approximate surface area is 190 Å². The summed E-state index contributed by atoms with van der Waals surface area (Å²) in [4.78, 5) is 32.0. The maximum absolute atomic E-state index is 13.3. The molecule has 1 aliphatic rings. The highest BCUT2D eigenvalue weighted by atomic mass is 19.1. The highest BCUT2D eigenvalue weighted by molar-refractivity contribution is 6.37. The highest BCUT2D eigenvalue weighted by Crippen LogP contribution is 2.26. The lowest BCUT2D eigenvalue weighted by molar-refractivity contribution is -0.147. The summed E-state index contributed by atoms with van der Waals surface area (Å²) in [5.41, 5.74) is 4.48. The third-order valence-electron chi connectivity index (χ3n) is 5.33. The number of carbonyl (C=O) groups is 2. The number of amides is 1. The number of Topliss-reactive ketones (excluding diaryl/α,β-unsaturated/α-hetero) is 1. The van der Waals surface area contributed by atoms with Crippen molar-refractivity contribution in [1.82, 2.24) is 20.2 Å². The average molecular weight is 446 g/mol. The highest BCUT2D eigenvalue weighted by Gasteiger charge is 2.34. The van der Waals surface area contributed by atoms with Gasteiger partial charge in [-0.15, -0.1) is 0 Å². The lowest BCUT2D eigenvalue weighted by Gasteiger charge is -2.36. The van der Waals surface area contributed by atoms with Crippen LogP contribution in [-0.2, 0) is 20.8 Å². The number of benzene rings is 2. The van der Waals surface area contributed by atoms with Gasteiger partial charge in [0.25, 0.3) is 0 Å². The lowest BCUT2D eigenvalue weighted by Crippen LogP contribution is -2.49. The fourth-order valence-electron chi connectivity index (χ4n) is 3.74. The van der Waals surface area contributed by atoms with E-state index in [1.807, 2.05) is 48.6 Å². The molecule has 2 unspecified atom stereocenters. The van der Waals surface area contributed by atoms with Crippen molar-refractivity contribution in [3.8, 4) is 11.3 Å². The van der Waals surface area contributed by atoms with Crippen molar-refractivity contribution in [2.45, 2.75) is 18.6 Å². The molecule has 0 aliphatic carbocycles. The van der Waals surface area contributed by atoms with Crippen LogP contribution in [0.2, 0.25) is 0 Å². The molecule has 1 aromatic heterocycles. The molecule has 8 heteroatoms. The van der Waals surface area contributed by atoms with Crippen LogP contribution >= 0.6 is 0 Å². The average Bonchev–Trinajstić information content (AvgIpc) is 3.33. The first-order chi connectivity index (χ1) is 16.1. The number of nitrogens with one attached hydrogen (secondary N) is 1. The maximum Gasteiger partial charge on any atom is 0.313 e. The van der Waals surface area contributed by atoms with Gasteiger partial charge < -0.3 is 4.90 Å². The number of ketones is 1. The summed E-state index contributed by atoms with van der Waals surface area (Å²) >= 11 is 0. The van der Waals surface area contributed by atoms with Crippen LogP contribution in [-0.4, -0.2) is 39.5 Å². The Kier molecular flexibility index (Phi) is 6.75. The molecule has 2 aromatic carbocycles. The molecular formula is C25H23FN4O3. The van der Waals surface area contributed by atoms with Crippen LogP contribution in [0.3, 0.4) is 0 Å². The molecule has 33 heavy (non-hydrogen) atoms. The SMILES string of the molecule is CONC(=O)C(=O)C(Cc1ccccc1)N1C=CC=CC1n1ccc(-c2ccc(F)cc2)n1.